The molecular formula is C16H24N2O. The standard InChI is InChI=1S/C16H24N2O/c1-4-13(5-2)16(19)18-11-12(3)9-15(18)14-7-6-8-17-10-14/h6-8,10,12-13,15H,4-5,9,11H2,1-3H3/t12-,15+/m1/s1. The van der Waals surface area contributed by atoms with E-state index in [1.165, 1.54) is 5.56 Å². The number of pyridine rings is 1. The first-order chi connectivity index (χ1) is 9.17. The lowest BCUT2D eigenvalue weighted by atomic mass is 9.99. The van der Waals surface area contributed by atoms with Crippen LogP contribution in [0.15, 0.2) is 24.5 Å². The summed E-state index contributed by atoms with van der Waals surface area (Å²) in [7, 11) is 0. The Hall–Kier alpha value is -1.38. The van der Waals surface area contributed by atoms with Gasteiger partial charge in [0, 0.05) is 24.9 Å². The van der Waals surface area contributed by atoms with Crippen LogP contribution in [0.1, 0.15) is 51.6 Å². The molecule has 1 aromatic heterocycles. The van der Waals surface area contributed by atoms with Gasteiger partial charge in [-0.2, -0.15) is 0 Å². The molecule has 0 spiro atoms. The van der Waals surface area contributed by atoms with Gasteiger partial charge in [0.15, 0.2) is 0 Å². The van der Waals surface area contributed by atoms with Gasteiger partial charge in [-0.1, -0.05) is 26.8 Å². The molecule has 1 fully saturated rings. The van der Waals surface area contributed by atoms with E-state index in [4.69, 9.17) is 0 Å². The summed E-state index contributed by atoms with van der Waals surface area (Å²) < 4.78 is 0. The van der Waals surface area contributed by atoms with Gasteiger partial charge >= 0.3 is 0 Å². The highest BCUT2D eigenvalue weighted by Crippen LogP contribution is 2.36. The predicted octanol–water partition coefficient (Wildman–Crippen LogP) is 3.43. The molecule has 0 radical (unpaired) electrons. The fourth-order valence-electron chi connectivity index (χ4n) is 3.05. The third-order valence-electron chi connectivity index (χ3n) is 4.20. The van der Waals surface area contributed by atoms with Gasteiger partial charge in [0.25, 0.3) is 0 Å². The Kier molecular flexibility index (Phi) is 4.56. The first-order valence-electron chi connectivity index (χ1n) is 7.37. The summed E-state index contributed by atoms with van der Waals surface area (Å²) in [5.74, 6) is 1.07. The van der Waals surface area contributed by atoms with E-state index in [0.29, 0.717) is 11.8 Å². The summed E-state index contributed by atoms with van der Waals surface area (Å²) in [5.41, 5.74) is 1.17. The lowest BCUT2D eigenvalue weighted by Crippen LogP contribution is -2.35. The Morgan fingerprint density at radius 2 is 2.21 bits per heavy atom. The third kappa shape index (κ3) is 2.96. The smallest absolute Gasteiger partial charge is 0.226 e. The van der Waals surface area contributed by atoms with Crippen LogP contribution in [0.3, 0.4) is 0 Å². The zero-order valence-corrected chi connectivity index (χ0v) is 12.2. The lowest BCUT2D eigenvalue weighted by molar-refractivity contribution is -0.136. The molecule has 0 N–H and O–H groups in total. The number of hydrogen-bond donors (Lipinski definition) is 0. The molecule has 2 atom stereocenters. The van der Waals surface area contributed by atoms with Crippen LogP contribution in [0.4, 0.5) is 0 Å². The van der Waals surface area contributed by atoms with Crippen LogP contribution in [0.25, 0.3) is 0 Å². The molecule has 1 aliphatic rings. The molecule has 0 aromatic carbocycles. The Morgan fingerprint density at radius 3 is 2.79 bits per heavy atom. The number of nitrogens with zero attached hydrogens (tertiary/aromatic N) is 2. The third-order valence-corrected chi connectivity index (χ3v) is 4.20. The molecule has 0 bridgehead atoms. The van der Waals surface area contributed by atoms with Gasteiger partial charge in [-0.3, -0.25) is 9.78 Å². The highest BCUT2D eigenvalue weighted by molar-refractivity contribution is 5.79. The molecule has 1 aliphatic heterocycles. The number of carbonyl (C=O) groups is 1. The van der Waals surface area contributed by atoms with Crippen LogP contribution in [0.2, 0.25) is 0 Å². The molecule has 1 saturated heterocycles. The van der Waals surface area contributed by atoms with Gasteiger partial charge in [0.1, 0.15) is 0 Å². The van der Waals surface area contributed by atoms with Gasteiger partial charge in [0.2, 0.25) is 5.91 Å². The van der Waals surface area contributed by atoms with E-state index in [0.717, 1.165) is 25.8 Å². The number of carbonyl (C=O) groups excluding carboxylic acids is 1. The van der Waals surface area contributed by atoms with Crippen LogP contribution in [0.5, 0.6) is 0 Å². The summed E-state index contributed by atoms with van der Waals surface area (Å²) in [6.45, 7) is 7.31. The maximum absolute atomic E-state index is 12.6. The number of likely N-dealkylation sites (tertiary alicyclic amines) is 1. The van der Waals surface area contributed by atoms with Crippen molar-refractivity contribution in [1.82, 2.24) is 9.88 Å². The molecule has 1 amide bonds. The minimum Gasteiger partial charge on any atom is -0.335 e. The number of aromatic nitrogens is 1. The maximum Gasteiger partial charge on any atom is 0.226 e. The summed E-state index contributed by atoms with van der Waals surface area (Å²) in [5, 5.41) is 0. The second-order valence-electron chi connectivity index (χ2n) is 5.65. The molecule has 0 unspecified atom stereocenters. The van der Waals surface area contributed by atoms with Crippen molar-refractivity contribution in [1.29, 1.82) is 0 Å². The van der Waals surface area contributed by atoms with E-state index in [9.17, 15) is 4.79 Å². The van der Waals surface area contributed by atoms with Crippen LogP contribution in [-0.2, 0) is 4.79 Å². The van der Waals surface area contributed by atoms with Gasteiger partial charge < -0.3 is 4.90 Å². The Morgan fingerprint density at radius 1 is 1.47 bits per heavy atom. The van der Waals surface area contributed by atoms with Gasteiger partial charge in [-0.15, -0.1) is 0 Å². The van der Waals surface area contributed by atoms with E-state index in [2.05, 4.69) is 36.7 Å². The van der Waals surface area contributed by atoms with Gasteiger partial charge in [-0.05, 0) is 36.8 Å². The molecule has 0 saturated carbocycles. The largest absolute Gasteiger partial charge is 0.335 e. The normalized spacial score (nSPS) is 23.1. The van der Waals surface area contributed by atoms with Crippen molar-refractivity contribution in [3.63, 3.8) is 0 Å². The van der Waals surface area contributed by atoms with Crippen molar-refractivity contribution in [3.05, 3.63) is 30.1 Å². The van der Waals surface area contributed by atoms with Crippen molar-refractivity contribution in [2.75, 3.05) is 6.54 Å². The van der Waals surface area contributed by atoms with E-state index in [1.807, 2.05) is 12.3 Å². The van der Waals surface area contributed by atoms with Crippen molar-refractivity contribution < 1.29 is 4.79 Å². The SMILES string of the molecule is CCC(CC)C(=O)N1C[C@H](C)C[C@H]1c1cccnc1. The van der Waals surface area contributed by atoms with Gasteiger partial charge in [-0.25, -0.2) is 0 Å². The minimum atomic E-state index is 0.171. The molecule has 2 heterocycles. The van der Waals surface area contributed by atoms with Crippen molar-refractivity contribution in [2.24, 2.45) is 11.8 Å². The Labute approximate surface area is 116 Å². The lowest BCUT2D eigenvalue weighted by Gasteiger charge is -2.28. The fourth-order valence-corrected chi connectivity index (χ4v) is 3.05. The quantitative estimate of drug-likeness (QED) is 0.831. The first kappa shape index (κ1) is 14.0. The molecule has 3 nitrogen and oxygen atoms in total. The maximum atomic E-state index is 12.6. The zero-order chi connectivity index (χ0) is 13.8. The molecule has 19 heavy (non-hydrogen) atoms. The molecule has 104 valence electrons. The van der Waals surface area contributed by atoms with E-state index in [-0.39, 0.29) is 12.0 Å². The van der Waals surface area contributed by atoms with Crippen molar-refractivity contribution >= 4 is 5.91 Å². The summed E-state index contributed by atoms with van der Waals surface area (Å²) >= 11 is 0. The molecule has 1 aromatic rings. The Bertz CT molecular complexity index is 414. The van der Waals surface area contributed by atoms with Crippen molar-refractivity contribution in [3.8, 4) is 0 Å². The summed E-state index contributed by atoms with van der Waals surface area (Å²) in [6.07, 6.45) is 6.60. The molecule has 3 heteroatoms. The fraction of sp³-hybridized carbons (Fsp3) is 0.625. The first-order valence-corrected chi connectivity index (χ1v) is 7.37. The van der Waals surface area contributed by atoms with Crippen LogP contribution >= 0.6 is 0 Å². The second kappa shape index (κ2) is 6.18. The number of amides is 1. The van der Waals surface area contributed by atoms with Crippen LogP contribution in [-0.4, -0.2) is 22.3 Å². The highest BCUT2D eigenvalue weighted by Gasteiger charge is 2.36. The van der Waals surface area contributed by atoms with Crippen LogP contribution in [0, 0.1) is 11.8 Å². The molecular weight excluding hydrogens is 236 g/mol. The van der Waals surface area contributed by atoms with Crippen molar-refractivity contribution in [2.45, 2.75) is 46.1 Å². The minimum absolute atomic E-state index is 0.171. The van der Waals surface area contributed by atoms with E-state index in [1.54, 1.807) is 6.20 Å². The van der Waals surface area contributed by atoms with E-state index >= 15 is 0 Å². The van der Waals surface area contributed by atoms with Gasteiger partial charge in [0.05, 0.1) is 6.04 Å². The summed E-state index contributed by atoms with van der Waals surface area (Å²) in [6, 6.07) is 4.26. The zero-order valence-electron chi connectivity index (χ0n) is 12.2. The average Bonchev–Trinajstić information content (AvgIpc) is 2.83. The van der Waals surface area contributed by atoms with Crippen LogP contribution < -0.4 is 0 Å². The average molecular weight is 260 g/mol. The molecule has 2 rings (SSSR count). The topological polar surface area (TPSA) is 33.2 Å². The second-order valence-corrected chi connectivity index (χ2v) is 5.65. The van der Waals surface area contributed by atoms with E-state index < -0.39 is 0 Å². The molecule has 0 aliphatic carbocycles. The number of rotatable bonds is 4. The predicted molar refractivity (Wildman–Crippen MR) is 76.5 cm³/mol. The monoisotopic (exact) mass is 260 g/mol. The highest BCUT2D eigenvalue weighted by atomic mass is 16.2. The summed E-state index contributed by atoms with van der Waals surface area (Å²) in [4.78, 5) is 18.9. The number of hydrogen-bond acceptors (Lipinski definition) is 2. The Balaban J connectivity index is 2.20.